The molecule has 0 fully saturated rings. The molecule has 0 amide bonds. The van der Waals surface area contributed by atoms with Gasteiger partial charge in [0.15, 0.2) is 0 Å². The topological polar surface area (TPSA) is 40.5 Å². The number of aliphatic hydroxyl groups is 2. The van der Waals surface area contributed by atoms with E-state index in [0.29, 0.717) is 5.56 Å². The molecule has 2 nitrogen and oxygen atoms in total. The number of hydrogen-bond donors (Lipinski definition) is 2. The molecule has 64 valence electrons. The van der Waals surface area contributed by atoms with Crippen LogP contribution < -0.4 is 0 Å². The van der Waals surface area contributed by atoms with Crippen molar-refractivity contribution in [1.29, 1.82) is 0 Å². The minimum Gasteiger partial charge on any atom is -0.359 e. The van der Waals surface area contributed by atoms with Crippen molar-refractivity contribution in [3.8, 4) is 0 Å². The molecule has 1 aliphatic rings. The van der Waals surface area contributed by atoms with Gasteiger partial charge in [-0.05, 0) is 11.6 Å². The smallest absolute Gasteiger partial charge is 0.211 e. The van der Waals surface area contributed by atoms with Gasteiger partial charge in [0.1, 0.15) is 0 Å². The Balaban J connectivity index is 0.000000720. The zero-order valence-corrected chi connectivity index (χ0v) is 7.08. The lowest BCUT2D eigenvalue weighted by Crippen LogP contribution is -2.19. The van der Waals surface area contributed by atoms with E-state index in [1.807, 2.05) is 12.1 Å². The van der Waals surface area contributed by atoms with Gasteiger partial charge in [-0.3, -0.25) is 0 Å². The molecule has 1 aromatic carbocycles. The summed E-state index contributed by atoms with van der Waals surface area (Å²) in [5.41, 5.74) is 1.43. The standard InChI is InChI=1S/C9H8O2.ClH/c10-9(11)6-5-7-3-1-2-4-8(7)9;/h1-6,10-11H;1H. The van der Waals surface area contributed by atoms with Crippen molar-refractivity contribution in [2.24, 2.45) is 0 Å². The van der Waals surface area contributed by atoms with Gasteiger partial charge in [0, 0.05) is 5.56 Å². The first-order valence-corrected chi connectivity index (χ1v) is 3.44. The van der Waals surface area contributed by atoms with Crippen LogP contribution in [0.3, 0.4) is 0 Å². The molecule has 12 heavy (non-hydrogen) atoms. The summed E-state index contributed by atoms with van der Waals surface area (Å²) in [4.78, 5) is 0. The highest BCUT2D eigenvalue weighted by Gasteiger charge is 2.28. The Labute approximate surface area is 76.6 Å². The van der Waals surface area contributed by atoms with Crippen molar-refractivity contribution in [2.45, 2.75) is 5.79 Å². The SMILES string of the molecule is Cl.OC1(O)C=Cc2ccccc21. The summed E-state index contributed by atoms with van der Waals surface area (Å²) in [5, 5.41) is 18.6. The zero-order valence-electron chi connectivity index (χ0n) is 6.27. The van der Waals surface area contributed by atoms with Crippen LogP contribution in [0.4, 0.5) is 0 Å². The predicted octanol–water partition coefficient (Wildman–Crippen LogP) is 1.27. The maximum Gasteiger partial charge on any atom is 0.211 e. The van der Waals surface area contributed by atoms with Crippen molar-refractivity contribution < 1.29 is 10.2 Å². The molecular weight excluding hydrogens is 176 g/mol. The fourth-order valence-electron chi connectivity index (χ4n) is 1.27. The molecule has 1 aromatic rings. The Morgan fingerprint density at radius 3 is 2.42 bits per heavy atom. The summed E-state index contributed by atoms with van der Waals surface area (Å²) < 4.78 is 0. The average Bonchev–Trinajstić information content (AvgIpc) is 2.29. The van der Waals surface area contributed by atoms with Gasteiger partial charge in [-0.1, -0.05) is 30.3 Å². The van der Waals surface area contributed by atoms with E-state index in [0.717, 1.165) is 5.56 Å². The second-order valence-electron chi connectivity index (χ2n) is 2.65. The Morgan fingerprint density at radius 1 is 1.08 bits per heavy atom. The minimum absolute atomic E-state index is 0. The first-order valence-electron chi connectivity index (χ1n) is 3.44. The summed E-state index contributed by atoms with van der Waals surface area (Å²) >= 11 is 0. The fourth-order valence-corrected chi connectivity index (χ4v) is 1.27. The highest BCUT2D eigenvalue weighted by Crippen LogP contribution is 2.30. The summed E-state index contributed by atoms with van der Waals surface area (Å²) in [6, 6.07) is 7.20. The van der Waals surface area contributed by atoms with Crippen LogP contribution >= 0.6 is 12.4 Å². The second kappa shape index (κ2) is 2.90. The van der Waals surface area contributed by atoms with Gasteiger partial charge in [0.25, 0.3) is 0 Å². The van der Waals surface area contributed by atoms with Gasteiger partial charge in [0.2, 0.25) is 5.79 Å². The minimum atomic E-state index is -1.75. The molecular formula is C9H9ClO2. The van der Waals surface area contributed by atoms with E-state index in [4.69, 9.17) is 0 Å². The molecule has 0 unspecified atom stereocenters. The van der Waals surface area contributed by atoms with Crippen molar-refractivity contribution in [3.63, 3.8) is 0 Å². The van der Waals surface area contributed by atoms with Crippen molar-refractivity contribution in [1.82, 2.24) is 0 Å². The Hall–Kier alpha value is -0.830. The van der Waals surface area contributed by atoms with Gasteiger partial charge in [-0.25, -0.2) is 0 Å². The summed E-state index contributed by atoms with van der Waals surface area (Å²) in [6.45, 7) is 0. The van der Waals surface area contributed by atoms with Crippen molar-refractivity contribution in [3.05, 3.63) is 41.5 Å². The molecule has 0 bridgehead atoms. The van der Waals surface area contributed by atoms with Crippen LogP contribution in [0.25, 0.3) is 6.08 Å². The number of halogens is 1. The molecule has 2 N–H and O–H groups in total. The lowest BCUT2D eigenvalue weighted by molar-refractivity contribution is -0.122. The van der Waals surface area contributed by atoms with E-state index in [9.17, 15) is 10.2 Å². The Morgan fingerprint density at radius 2 is 1.75 bits per heavy atom. The normalized spacial score (nSPS) is 16.8. The highest BCUT2D eigenvalue weighted by atomic mass is 35.5. The van der Waals surface area contributed by atoms with E-state index in [-0.39, 0.29) is 12.4 Å². The van der Waals surface area contributed by atoms with Crippen LogP contribution in [0.15, 0.2) is 30.3 Å². The molecule has 0 saturated heterocycles. The van der Waals surface area contributed by atoms with Crippen LogP contribution in [-0.2, 0) is 5.79 Å². The first kappa shape index (κ1) is 9.26. The van der Waals surface area contributed by atoms with Crippen LogP contribution in [0, 0.1) is 0 Å². The third-order valence-corrected chi connectivity index (χ3v) is 1.85. The number of rotatable bonds is 0. The molecule has 0 radical (unpaired) electrons. The summed E-state index contributed by atoms with van der Waals surface area (Å²) in [7, 11) is 0. The molecule has 0 aliphatic heterocycles. The number of benzene rings is 1. The lowest BCUT2D eigenvalue weighted by atomic mass is 10.1. The second-order valence-corrected chi connectivity index (χ2v) is 2.65. The van der Waals surface area contributed by atoms with Gasteiger partial charge in [-0.2, -0.15) is 0 Å². The quantitative estimate of drug-likeness (QED) is 0.597. The zero-order chi connectivity index (χ0) is 7.90. The van der Waals surface area contributed by atoms with E-state index in [1.54, 1.807) is 18.2 Å². The Bertz CT molecular complexity index is 318. The molecule has 0 atom stereocenters. The highest BCUT2D eigenvalue weighted by molar-refractivity contribution is 5.85. The van der Waals surface area contributed by atoms with Gasteiger partial charge < -0.3 is 10.2 Å². The van der Waals surface area contributed by atoms with E-state index < -0.39 is 5.79 Å². The van der Waals surface area contributed by atoms with E-state index >= 15 is 0 Å². The maximum atomic E-state index is 9.32. The summed E-state index contributed by atoms with van der Waals surface area (Å²) in [5.74, 6) is -1.75. The molecule has 0 spiro atoms. The molecule has 0 saturated carbocycles. The van der Waals surface area contributed by atoms with Crippen LogP contribution in [-0.4, -0.2) is 10.2 Å². The van der Waals surface area contributed by atoms with Gasteiger partial charge >= 0.3 is 0 Å². The van der Waals surface area contributed by atoms with E-state index in [2.05, 4.69) is 0 Å². The van der Waals surface area contributed by atoms with Crippen molar-refractivity contribution in [2.75, 3.05) is 0 Å². The average molecular weight is 185 g/mol. The van der Waals surface area contributed by atoms with Crippen LogP contribution in [0.1, 0.15) is 11.1 Å². The first-order chi connectivity index (χ1) is 5.20. The van der Waals surface area contributed by atoms with Gasteiger partial charge in [0.05, 0.1) is 0 Å². The molecule has 2 rings (SSSR count). The molecule has 1 aliphatic carbocycles. The largest absolute Gasteiger partial charge is 0.359 e. The molecule has 3 heteroatoms. The lowest BCUT2D eigenvalue weighted by Gasteiger charge is -2.13. The molecule has 0 heterocycles. The van der Waals surface area contributed by atoms with Crippen LogP contribution in [0.5, 0.6) is 0 Å². The molecule has 0 aromatic heterocycles. The van der Waals surface area contributed by atoms with Crippen LogP contribution in [0.2, 0.25) is 0 Å². The van der Waals surface area contributed by atoms with Crippen molar-refractivity contribution >= 4 is 18.5 Å². The predicted molar refractivity (Wildman–Crippen MR) is 48.8 cm³/mol. The number of hydrogen-bond acceptors (Lipinski definition) is 2. The third-order valence-electron chi connectivity index (χ3n) is 1.85. The third kappa shape index (κ3) is 1.25. The van der Waals surface area contributed by atoms with Gasteiger partial charge in [-0.15, -0.1) is 12.4 Å². The number of fused-ring (bicyclic) bond motifs is 1. The monoisotopic (exact) mass is 184 g/mol. The Kier molecular flexibility index (Phi) is 2.24. The van der Waals surface area contributed by atoms with E-state index in [1.165, 1.54) is 6.08 Å². The summed E-state index contributed by atoms with van der Waals surface area (Å²) in [6.07, 6.45) is 3.08. The maximum absolute atomic E-state index is 9.32. The fraction of sp³-hybridized carbons (Fsp3) is 0.111.